The highest BCUT2D eigenvalue weighted by Crippen LogP contribution is 2.24. The minimum Gasteiger partial charge on any atom is -0.489 e. The summed E-state index contributed by atoms with van der Waals surface area (Å²) in [6, 6.07) is 19.0. The van der Waals surface area contributed by atoms with Crippen molar-refractivity contribution in [2.45, 2.75) is 6.92 Å². The number of methoxy groups -OCH3 is 1. The molecular weight excluding hydrogens is 470 g/mol. The molecule has 0 atom stereocenters. The third-order valence-corrected chi connectivity index (χ3v) is 4.93. The van der Waals surface area contributed by atoms with Gasteiger partial charge in [-0.25, -0.2) is 9.78 Å². The number of esters is 1. The van der Waals surface area contributed by atoms with E-state index in [-0.39, 0.29) is 6.61 Å². The summed E-state index contributed by atoms with van der Waals surface area (Å²) in [5, 5.41) is 0. The van der Waals surface area contributed by atoms with Crippen molar-refractivity contribution < 1.29 is 19.0 Å². The summed E-state index contributed by atoms with van der Waals surface area (Å²) in [4.78, 5) is 15.5. The second-order valence-electron chi connectivity index (χ2n) is 6.69. The Morgan fingerprint density at radius 1 is 1.09 bits per heavy atom. The average Bonchev–Trinajstić information content (AvgIpc) is 2.81. The van der Waals surface area contributed by atoms with Gasteiger partial charge in [0, 0.05) is 16.2 Å². The van der Waals surface area contributed by atoms with E-state index in [0.717, 1.165) is 21.2 Å². The van der Waals surface area contributed by atoms with Gasteiger partial charge in [0.05, 0.1) is 7.11 Å². The maximum Gasteiger partial charge on any atom is 0.343 e. The van der Waals surface area contributed by atoms with Crippen molar-refractivity contribution >= 4 is 27.5 Å². The van der Waals surface area contributed by atoms with Crippen LogP contribution in [0.4, 0.5) is 0 Å². The summed E-state index contributed by atoms with van der Waals surface area (Å²) in [5.41, 5.74) is 3.40. The van der Waals surface area contributed by atoms with Crippen LogP contribution in [0, 0.1) is 18.8 Å². The predicted octanol–water partition coefficient (Wildman–Crippen LogP) is 5.22. The Morgan fingerprint density at radius 2 is 1.91 bits per heavy atom. The Balaban J connectivity index is 1.73. The monoisotopic (exact) mass is 491 g/mol. The zero-order valence-corrected chi connectivity index (χ0v) is 19.4. The van der Waals surface area contributed by atoms with E-state index in [1.54, 1.807) is 18.3 Å². The molecule has 0 amide bonds. The number of aromatic nitrogens is 1. The number of hydrogen-bond donors (Lipinski definition) is 0. The molecule has 0 spiro atoms. The van der Waals surface area contributed by atoms with Crippen LogP contribution in [-0.4, -0.2) is 31.3 Å². The lowest BCUT2D eigenvalue weighted by Crippen LogP contribution is -2.13. The van der Waals surface area contributed by atoms with E-state index < -0.39 is 5.97 Å². The number of aryl methyl sites for hydroxylation is 1. The molecule has 3 aromatic rings. The molecule has 5 nitrogen and oxygen atoms in total. The summed E-state index contributed by atoms with van der Waals surface area (Å²) < 4.78 is 16.9. The van der Waals surface area contributed by atoms with E-state index in [1.807, 2.05) is 61.5 Å². The highest BCUT2D eigenvalue weighted by atomic mass is 79.9. The highest BCUT2D eigenvalue weighted by Gasteiger charge is 2.06. The van der Waals surface area contributed by atoms with Crippen molar-refractivity contribution in [3.05, 3.63) is 94.2 Å². The number of carbonyl (C=O) groups excluding carboxylic acids is 1. The Morgan fingerprint density at radius 3 is 2.59 bits per heavy atom. The van der Waals surface area contributed by atoms with Crippen molar-refractivity contribution in [1.29, 1.82) is 0 Å². The molecule has 0 radical (unpaired) electrons. The Kier molecular flexibility index (Phi) is 8.47. The molecule has 0 saturated carbocycles. The van der Waals surface area contributed by atoms with Gasteiger partial charge in [0.1, 0.15) is 23.8 Å². The van der Waals surface area contributed by atoms with Crippen molar-refractivity contribution in [3.63, 3.8) is 0 Å². The van der Waals surface area contributed by atoms with Gasteiger partial charge in [-0.1, -0.05) is 40.0 Å². The molecule has 0 aliphatic rings. The summed E-state index contributed by atoms with van der Waals surface area (Å²) in [6.07, 6.45) is 3.66. The van der Waals surface area contributed by atoms with Gasteiger partial charge in [0.25, 0.3) is 0 Å². The first kappa shape index (κ1) is 23.1. The molecule has 1 heterocycles. The maximum absolute atomic E-state index is 11.3. The smallest absolute Gasteiger partial charge is 0.343 e. The Hall–Kier alpha value is -3.56. The maximum atomic E-state index is 11.3. The van der Waals surface area contributed by atoms with Crippen molar-refractivity contribution in [2.24, 2.45) is 0 Å². The predicted molar refractivity (Wildman–Crippen MR) is 127 cm³/mol. The van der Waals surface area contributed by atoms with Crippen LogP contribution >= 0.6 is 15.9 Å². The van der Waals surface area contributed by atoms with Gasteiger partial charge in [-0.2, -0.15) is 0 Å². The largest absolute Gasteiger partial charge is 0.489 e. The normalized spacial score (nSPS) is 10.7. The van der Waals surface area contributed by atoms with E-state index >= 15 is 0 Å². The first-order valence-corrected chi connectivity index (χ1v) is 10.7. The minimum absolute atomic E-state index is 0.133. The minimum atomic E-state index is -0.429. The summed E-state index contributed by atoms with van der Waals surface area (Å²) in [5.74, 6) is 7.17. The number of halogens is 1. The molecule has 6 heteroatoms. The standard InChI is InChI=1S/C26H22BrNO4/c1-19-17-24(12-13-25(19)32-18-26(29)30-2)31-16-14-21(20-6-9-22(27)10-7-20)8-11-23-5-3-4-15-28-23/h3-7,9-10,12-15,17H,16,18H2,1-2H3/b21-14+. The van der Waals surface area contributed by atoms with E-state index in [4.69, 9.17) is 9.47 Å². The van der Waals surface area contributed by atoms with Crippen molar-refractivity contribution in [2.75, 3.05) is 20.3 Å². The van der Waals surface area contributed by atoms with Crippen LogP contribution in [-0.2, 0) is 9.53 Å². The lowest BCUT2D eigenvalue weighted by molar-refractivity contribution is -0.142. The number of ether oxygens (including phenoxy) is 3. The lowest BCUT2D eigenvalue weighted by Gasteiger charge is -2.10. The molecular formula is C26H22BrNO4. The van der Waals surface area contributed by atoms with E-state index in [9.17, 15) is 4.79 Å². The van der Waals surface area contributed by atoms with Crippen LogP contribution < -0.4 is 9.47 Å². The van der Waals surface area contributed by atoms with E-state index in [0.29, 0.717) is 23.8 Å². The van der Waals surface area contributed by atoms with Gasteiger partial charge in [0.2, 0.25) is 0 Å². The van der Waals surface area contributed by atoms with Gasteiger partial charge in [0.15, 0.2) is 6.61 Å². The topological polar surface area (TPSA) is 57.7 Å². The fourth-order valence-corrected chi connectivity index (χ4v) is 2.99. The summed E-state index contributed by atoms with van der Waals surface area (Å²) >= 11 is 3.46. The third kappa shape index (κ3) is 7.00. The van der Waals surface area contributed by atoms with Crippen LogP contribution in [0.15, 0.2) is 77.4 Å². The zero-order valence-electron chi connectivity index (χ0n) is 17.8. The number of hydrogen-bond acceptors (Lipinski definition) is 5. The molecule has 0 aliphatic heterocycles. The number of nitrogens with zero attached hydrogens (tertiary/aromatic N) is 1. The molecule has 0 unspecified atom stereocenters. The van der Waals surface area contributed by atoms with Crippen LogP contribution in [0.5, 0.6) is 11.5 Å². The highest BCUT2D eigenvalue weighted by molar-refractivity contribution is 9.10. The molecule has 32 heavy (non-hydrogen) atoms. The second-order valence-corrected chi connectivity index (χ2v) is 7.61. The molecule has 0 N–H and O–H groups in total. The molecule has 1 aromatic heterocycles. The van der Waals surface area contributed by atoms with Crippen LogP contribution in [0.25, 0.3) is 5.57 Å². The van der Waals surface area contributed by atoms with Crippen molar-refractivity contribution in [1.82, 2.24) is 4.98 Å². The fraction of sp³-hybridized carbons (Fsp3) is 0.154. The summed E-state index contributed by atoms with van der Waals surface area (Å²) in [6.45, 7) is 2.09. The SMILES string of the molecule is COC(=O)COc1ccc(OC/C=C(\C#Cc2ccccn2)c2ccc(Br)cc2)cc1C. The van der Waals surface area contributed by atoms with Gasteiger partial charge < -0.3 is 14.2 Å². The number of benzene rings is 2. The Bertz CT molecular complexity index is 1150. The van der Waals surface area contributed by atoms with Gasteiger partial charge >= 0.3 is 5.97 Å². The van der Waals surface area contributed by atoms with Crippen LogP contribution in [0.1, 0.15) is 16.8 Å². The van der Waals surface area contributed by atoms with Crippen LogP contribution in [0.2, 0.25) is 0 Å². The molecule has 0 fully saturated rings. The molecule has 3 rings (SSSR count). The van der Waals surface area contributed by atoms with Gasteiger partial charge in [-0.3, -0.25) is 0 Å². The van der Waals surface area contributed by atoms with E-state index in [1.165, 1.54) is 7.11 Å². The Labute approximate surface area is 196 Å². The average molecular weight is 492 g/mol. The molecule has 162 valence electrons. The molecule has 0 aliphatic carbocycles. The quantitative estimate of drug-likeness (QED) is 0.335. The first-order valence-electron chi connectivity index (χ1n) is 9.87. The third-order valence-electron chi connectivity index (χ3n) is 4.40. The van der Waals surface area contributed by atoms with Crippen LogP contribution in [0.3, 0.4) is 0 Å². The number of allylic oxidation sites excluding steroid dienone is 1. The first-order chi connectivity index (χ1) is 15.5. The molecule has 2 aromatic carbocycles. The number of rotatable bonds is 7. The summed E-state index contributed by atoms with van der Waals surface area (Å²) in [7, 11) is 1.33. The molecule has 0 saturated heterocycles. The van der Waals surface area contributed by atoms with E-state index in [2.05, 4.69) is 37.5 Å². The fourth-order valence-electron chi connectivity index (χ4n) is 2.73. The van der Waals surface area contributed by atoms with Gasteiger partial charge in [-0.15, -0.1) is 0 Å². The number of carbonyl (C=O) groups is 1. The zero-order chi connectivity index (χ0) is 22.8. The second kappa shape index (κ2) is 11.7. The lowest BCUT2D eigenvalue weighted by atomic mass is 10.1. The van der Waals surface area contributed by atoms with Gasteiger partial charge in [-0.05, 0) is 72.5 Å². The number of pyridine rings is 1. The molecule has 0 bridgehead atoms. The van der Waals surface area contributed by atoms with Crippen molar-refractivity contribution in [3.8, 4) is 23.3 Å².